The summed E-state index contributed by atoms with van der Waals surface area (Å²) in [7, 11) is 1.56. The van der Waals surface area contributed by atoms with Crippen LogP contribution in [0, 0.1) is 17.6 Å². The molecule has 0 aliphatic carbocycles. The van der Waals surface area contributed by atoms with Gasteiger partial charge in [0.1, 0.15) is 47.5 Å². The number of hydrogen-bond acceptors (Lipinski definition) is 7. The molecular weight excluding hydrogens is 562 g/mol. The van der Waals surface area contributed by atoms with Gasteiger partial charge in [-0.05, 0) is 46.3 Å². The van der Waals surface area contributed by atoms with E-state index in [-0.39, 0.29) is 23.1 Å². The Balaban J connectivity index is 0.000000555. The summed E-state index contributed by atoms with van der Waals surface area (Å²) in [5.41, 5.74) is 2.24. The molecule has 0 aliphatic heterocycles. The van der Waals surface area contributed by atoms with Gasteiger partial charge in [-0.3, -0.25) is 4.34 Å². The molecule has 1 unspecified atom stereocenters. The number of anilines is 3. The third-order valence-electron chi connectivity index (χ3n) is 4.36. The molecule has 0 aliphatic rings. The molecule has 1 atom stereocenters. The lowest BCUT2D eigenvalue weighted by Crippen LogP contribution is -2.04. The third kappa shape index (κ3) is 5.59. The molecule has 33 heavy (non-hydrogen) atoms. The maximum absolute atomic E-state index is 14.6. The first-order valence-corrected chi connectivity index (χ1v) is 13.9. The Bertz CT molecular complexity index is 1270. The van der Waals surface area contributed by atoms with E-state index in [1.54, 1.807) is 25.5 Å². The molecule has 1 aromatic carbocycles. The number of halogens is 3. The summed E-state index contributed by atoms with van der Waals surface area (Å²) in [5.74, 6) is -0.992. The van der Waals surface area contributed by atoms with Crippen LogP contribution in [0.25, 0.3) is 22.4 Å². The number of nitrogens with zero attached hydrogens (tertiary/aromatic N) is 5. The lowest BCUT2D eigenvalue weighted by molar-refractivity contribution is -0.110. The molecule has 172 valence electrons. The number of hydrogen-bond donors (Lipinski definition) is 2. The molecule has 0 saturated carbocycles. The van der Waals surface area contributed by atoms with Crippen molar-refractivity contribution >= 4 is 63.1 Å². The van der Waals surface area contributed by atoms with Gasteiger partial charge in [0.05, 0.1) is 12.1 Å². The summed E-state index contributed by atoms with van der Waals surface area (Å²) < 4.78 is 30.8. The first kappa shape index (κ1) is 24.8. The maximum atomic E-state index is 14.6. The quantitative estimate of drug-likeness (QED) is 0.174. The number of fused-ring (bicyclic) bond motifs is 1. The molecule has 8 nitrogen and oxygen atoms in total. The molecular formula is C21H21F2IN7OP. The van der Waals surface area contributed by atoms with Gasteiger partial charge in [0.25, 0.3) is 0 Å². The molecule has 2 N–H and O–H groups in total. The van der Waals surface area contributed by atoms with Crippen LogP contribution in [0.3, 0.4) is 0 Å². The van der Waals surface area contributed by atoms with Gasteiger partial charge in [-0.15, -0.1) is 0 Å². The SMILES string of the molecule is CC(C)C=O.CNc1ccc(F)c(Nc2ncccc2-c2ncnc3c2ncn3PI)c1F. The number of benzene rings is 1. The Hall–Kier alpha value is -2.79. The van der Waals surface area contributed by atoms with Crippen LogP contribution in [0.1, 0.15) is 13.8 Å². The number of imidazole rings is 1. The summed E-state index contributed by atoms with van der Waals surface area (Å²) in [6.07, 6.45) is 6.00. The van der Waals surface area contributed by atoms with Crippen molar-refractivity contribution in [2.45, 2.75) is 13.8 Å². The van der Waals surface area contributed by atoms with E-state index in [1.807, 2.05) is 18.2 Å². The van der Waals surface area contributed by atoms with Crippen molar-refractivity contribution in [1.29, 1.82) is 0 Å². The molecule has 3 aromatic heterocycles. The largest absolute Gasteiger partial charge is 0.386 e. The lowest BCUT2D eigenvalue weighted by Gasteiger charge is -2.14. The molecule has 0 fully saturated rings. The van der Waals surface area contributed by atoms with Crippen LogP contribution in [-0.4, -0.2) is 37.6 Å². The van der Waals surface area contributed by atoms with Crippen molar-refractivity contribution in [2.24, 2.45) is 5.92 Å². The van der Waals surface area contributed by atoms with E-state index in [2.05, 4.69) is 52.6 Å². The van der Waals surface area contributed by atoms with E-state index < -0.39 is 11.6 Å². The highest BCUT2D eigenvalue weighted by Crippen LogP contribution is 2.35. The van der Waals surface area contributed by atoms with Gasteiger partial charge in [0.15, 0.2) is 11.5 Å². The van der Waals surface area contributed by atoms with Crippen LogP contribution in [0.5, 0.6) is 0 Å². The fraction of sp³-hybridized carbons (Fsp3) is 0.190. The molecule has 0 amide bonds. The number of pyridine rings is 1. The topological polar surface area (TPSA) is 97.6 Å². The van der Waals surface area contributed by atoms with Gasteiger partial charge in [-0.2, -0.15) is 0 Å². The Morgan fingerprint density at radius 2 is 1.91 bits per heavy atom. The van der Waals surface area contributed by atoms with Crippen LogP contribution in [0.2, 0.25) is 0 Å². The van der Waals surface area contributed by atoms with Crippen molar-refractivity contribution in [3.8, 4) is 11.3 Å². The van der Waals surface area contributed by atoms with Crippen molar-refractivity contribution in [3.63, 3.8) is 0 Å². The number of carbonyl (C=O) groups is 1. The van der Waals surface area contributed by atoms with Crippen LogP contribution < -0.4 is 10.6 Å². The standard InChI is InChI=1S/C17H13F2IN7P.C4H8O/c1-21-11-5-4-10(18)14(12(11)19)26-16-9(3-2-6-22-16)13-15-17(24-7-23-13)27(28-20)8-25-15;1-4(2)3-5/h2-8,21,28H,1H3,(H,22,26);3-4H,1-2H3. The fourth-order valence-electron chi connectivity index (χ4n) is 2.77. The fourth-order valence-corrected chi connectivity index (χ4v) is 4.17. The normalized spacial score (nSPS) is 11.0. The molecule has 4 aromatic rings. The molecule has 0 radical (unpaired) electrons. The Morgan fingerprint density at radius 3 is 2.58 bits per heavy atom. The second-order valence-electron chi connectivity index (χ2n) is 7.03. The second-order valence-corrected chi connectivity index (χ2v) is 9.13. The van der Waals surface area contributed by atoms with Crippen molar-refractivity contribution in [1.82, 2.24) is 24.3 Å². The van der Waals surface area contributed by atoms with Gasteiger partial charge in [0.2, 0.25) is 0 Å². The summed E-state index contributed by atoms with van der Waals surface area (Å²) in [4.78, 5) is 26.8. The monoisotopic (exact) mass is 583 g/mol. The minimum Gasteiger partial charge on any atom is -0.386 e. The first-order valence-electron chi connectivity index (χ1n) is 9.79. The number of aromatic nitrogens is 5. The number of nitrogens with one attached hydrogen (secondary N) is 2. The molecule has 0 bridgehead atoms. The molecule has 0 spiro atoms. The van der Waals surface area contributed by atoms with Gasteiger partial charge < -0.3 is 15.4 Å². The molecule has 12 heteroatoms. The average molecular weight is 583 g/mol. The number of carbonyl (C=O) groups excluding carboxylic acids is 1. The second kappa shape index (κ2) is 11.4. The predicted molar refractivity (Wildman–Crippen MR) is 136 cm³/mol. The van der Waals surface area contributed by atoms with E-state index >= 15 is 0 Å². The van der Waals surface area contributed by atoms with E-state index in [0.29, 0.717) is 28.8 Å². The third-order valence-corrected chi connectivity index (χ3v) is 6.43. The van der Waals surface area contributed by atoms with Crippen LogP contribution in [0.15, 0.2) is 43.1 Å². The Labute approximate surface area is 204 Å². The summed E-state index contributed by atoms with van der Waals surface area (Å²) in [6, 6.07) is 6.01. The number of rotatable bonds is 6. The smallest absolute Gasteiger partial charge is 0.172 e. The van der Waals surface area contributed by atoms with E-state index in [0.717, 1.165) is 6.29 Å². The molecule has 0 saturated heterocycles. The molecule has 3 heterocycles. The van der Waals surface area contributed by atoms with E-state index in [9.17, 15) is 13.6 Å². The highest BCUT2D eigenvalue weighted by molar-refractivity contribution is 14.2. The van der Waals surface area contributed by atoms with Crippen molar-refractivity contribution < 1.29 is 13.6 Å². The highest BCUT2D eigenvalue weighted by atomic mass is 127. The van der Waals surface area contributed by atoms with Gasteiger partial charge in [-0.25, -0.2) is 28.7 Å². The average Bonchev–Trinajstić information content (AvgIpc) is 3.26. The van der Waals surface area contributed by atoms with E-state index in [1.165, 1.54) is 24.7 Å². The Kier molecular flexibility index (Phi) is 8.56. The zero-order chi connectivity index (χ0) is 24.0. The maximum Gasteiger partial charge on any atom is 0.172 e. The van der Waals surface area contributed by atoms with Crippen molar-refractivity contribution in [3.05, 3.63) is 54.8 Å². The first-order chi connectivity index (χ1) is 15.9. The van der Waals surface area contributed by atoms with Gasteiger partial charge in [-0.1, -0.05) is 13.8 Å². The summed E-state index contributed by atoms with van der Waals surface area (Å²) >= 11 is 2.24. The van der Waals surface area contributed by atoms with Gasteiger partial charge >= 0.3 is 0 Å². The number of aldehydes is 1. The van der Waals surface area contributed by atoms with Gasteiger partial charge in [0, 0.05) is 24.7 Å². The lowest BCUT2D eigenvalue weighted by atomic mass is 10.1. The van der Waals surface area contributed by atoms with Crippen LogP contribution in [0.4, 0.5) is 26.0 Å². The van der Waals surface area contributed by atoms with Crippen LogP contribution in [-0.2, 0) is 4.79 Å². The minimum absolute atomic E-state index is 0.174. The Morgan fingerprint density at radius 1 is 1.15 bits per heavy atom. The zero-order valence-electron chi connectivity index (χ0n) is 18.0. The minimum atomic E-state index is -0.734. The zero-order valence-corrected chi connectivity index (χ0v) is 21.1. The highest BCUT2D eigenvalue weighted by Gasteiger charge is 2.19. The summed E-state index contributed by atoms with van der Waals surface area (Å²) in [6.45, 7) is 3.71. The predicted octanol–water partition coefficient (Wildman–Crippen LogP) is 5.58. The van der Waals surface area contributed by atoms with Crippen molar-refractivity contribution in [2.75, 3.05) is 17.7 Å². The van der Waals surface area contributed by atoms with E-state index in [4.69, 9.17) is 0 Å². The van der Waals surface area contributed by atoms with Crippen LogP contribution >= 0.6 is 28.4 Å². The molecule has 4 rings (SSSR count). The summed E-state index contributed by atoms with van der Waals surface area (Å²) in [5, 5.41) is 5.46.